The Balaban J connectivity index is -0.000000279. The molecular weight excluding hydrogens is 1400 g/mol. The Kier molecular flexibility index (Phi) is 49.6. The molecule has 2 aliphatic carbocycles. The van der Waals surface area contributed by atoms with Crippen LogP contribution >= 0.6 is 0 Å². The van der Waals surface area contributed by atoms with Gasteiger partial charge in [-0.2, -0.15) is 39.5 Å². The standard InChI is InChI=1S/C16H30O2.C14H17F3O2.C14H22.C13H20O4.C9H15F3O2.C8H13F3O2.C6H12O2.4CH4/c1-7-15(3,4)14(17)18-16(5,6)13-10-8-12(2)9-11-13;1-5-13(3,4)12(18)19-11-7-9(2)6-10(8-11)14(15,16)17;1-6-11(2)12-7-9-13(10-8-12)14(3,4)5;1-4-13(2,3)12(15)17-10-8-6-5-7-9(8)16-11(10)14;1-5-8(3,4)7(13)14-6(2)9(10,11)12;1-4-5(2)7(12)13-6(3)8(9,10)11;1-4-6(2,3)5(7)8;;;;/h12-13H,7-11H2,1-6H3;6-8H,5H2,1-4H3;7-11H,6H2,1-5H3;8-10H,4-7H2,1-3H3;6H,5H2,1-4H3;5-6H,4H2,1-3H3;4H2,1-3H3,(H,7,8);4*1H4. The summed E-state index contributed by atoms with van der Waals surface area (Å²) in [7, 11) is 0. The van der Waals surface area contributed by atoms with E-state index in [1.807, 2.05) is 55.4 Å². The second kappa shape index (κ2) is 47.3. The van der Waals surface area contributed by atoms with Crippen molar-refractivity contribution in [2.75, 3.05) is 0 Å². The lowest BCUT2D eigenvalue weighted by atomic mass is 9.75. The number of hydrogen-bond acceptors (Lipinski definition) is 13. The van der Waals surface area contributed by atoms with Gasteiger partial charge in [0, 0.05) is 5.92 Å². The number of halogens is 9. The number of alkyl halides is 9. The number of carboxylic acid groups (broad SMARTS) is 1. The van der Waals surface area contributed by atoms with Crippen LogP contribution in [-0.2, 0) is 68.8 Å². The van der Waals surface area contributed by atoms with Gasteiger partial charge in [0.15, 0.2) is 12.2 Å². The van der Waals surface area contributed by atoms with Gasteiger partial charge < -0.3 is 33.5 Å². The highest BCUT2D eigenvalue weighted by Gasteiger charge is 2.51. The number of esters is 6. The minimum Gasteiger partial charge on any atom is -0.481 e. The van der Waals surface area contributed by atoms with Crippen LogP contribution in [-0.4, -0.2) is 89.3 Å². The van der Waals surface area contributed by atoms with Crippen molar-refractivity contribution in [3.8, 4) is 5.75 Å². The van der Waals surface area contributed by atoms with Crippen LogP contribution in [0.15, 0.2) is 42.5 Å². The zero-order valence-corrected chi connectivity index (χ0v) is 67.3. The molecule has 3 aliphatic rings. The van der Waals surface area contributed by atoms with E-state index in [1.165, 1.54) is 63.1 Å². The highest BCUT2D eigenvalue weighted by Crippen LogP contribution is 2.41. The molecular formula is C84H145F9O14. The number of hydrogen-bond donors (Lipinski definition) is 1. The van der Waals surface area contributed by atoms with Gasteiger partial charge in [-0.15, -0.1) is 0 Å². The molecule has 1 heterocycles. The number of aryl methyl sites for hydroxylation is 1. The maximum Gasteiger partial charge on any atom is 0.425 e. The number of carboxylic acids is 1. The predicted octanol–water partition coefficient (Wildman–Crippen LogP) is 25.0. The molecule has 2 saturated carbocycles. The van der Waals surface area contributed by atoms with Gasteiger partial charge in [0.25, 0.3) is 0 Å². The Morgan fingerprint density at radius 1 is 0.523 bits per heavy atom. The van der Waals surface area contributed by atoms with E-state index < -0.39 is 93.9 Å². The fourth-order valence-electron chi connectivity index (χ4n) is 9.07. The monoisotopic (exact) mass is 1550 g/mol. The quantitative estimate of drug-likeness (QED) is 0.0569. The molecule has 0 radical (unpaired) electrons. The van der Waals surface area contributed by atoms with E-state index in [0.29, 0.717) is 49.5 Å². The molecule has 0 bridgehead atoms. The molecule has 3 fully saturated rings. The number of ether oxygens (including phenoxy) is 6. The van der Waals surface area contributed by atoms with Gasteiger partial charge in [-0.25, -0.2) is 4.79 Å². The number of benzene rings is 2. The van der Waals surface area contributed by atoms with Crippen molar-refractivity contribution in [1.29, 1.82) is 0 Å². The molecule has 14 nitrogen and oxygen atoms in total. The zero-order valence-electron chi connectivity index (χ0n) is 67.3. The van der Waals surface area contributed by atoms with Gasteiger partial charge in [-0.1, -0.05) is 157 Å². The molecule has 1 aliphatic heterocycles. The average Bonchev–Trinajstić information content (AvgIpc) is 1.62. The zero-order chi connectivity index (χ0) is 81.2. The summed E-state index contributed by atoms with van der Waals surface area (Å²) in [6.07, 6.45) is -5.49. The summed E-state index contributed by atoms with van der Waals surface area (Å²) in [6.45, 7) is 51.1. The minimum absolute atomic E-state index is 0. The van der Waals surface area contributed by atoms with Crippen LogP contribution in [0.1, 0.15) is 335 Å². The predicted molar refractivity (Wildman–Crippen MR) is 412 cm³/mol. The number of aliphatic carboxylic acids is 1. The normalized spacial score (nSPS) is 18.3. The summed E-state index contributed by atoms with van der Waals surface area (Å²) < 4.78 is 140. The van der Waals surface area contributed by atoms with Gasteiger partial charge >= 0.3 is 60.3 Å². The first-order valence-electron chi connectivity index (χ1n) is 36.5. The van der Waals surface area contributed by atoms with Crippen LogP contribution in [0.3, 0.4) is 0 Å². The third kappa shape index (κ3) is 39.5. The van der Waals surface area contributed by atoms with Crippen LogP contribution in [0.2, 0.25) is 0 Å². The van der Waals surface area contributed by atoms with Gasteiger partial charge in [0.1, 0.15) is 17.5 Å². The molecule has 0 amide bonds. The molecule has 23 heteroatoms. The Morgan fingerprint density at radius 2 is 0.944 bits per heavy atom. The van der Waals surface area contributed by atoms with Gasteiger partial charge in [-0.3, -0.25) is 28.8 Å². The smallest absolute Gasteiger partial charge is 0.425 e. The Hall–Kier alpha value is -5.90. The van der Waals surface area contributed by atoms with Crippen LogP contribution in [0, 0.1) is 57.7 Å². The maximum atomic E-state index is 12.6. The summed E-state index contributed by atoms with van der Waals surface area (Å²) in [5, 5.41) is 8.44. The molecule has 1 saturated heterocycles. The van der Waals surface area contributed by atoms with Crippen molar-refractivity contribution in [3.05, 3.63) is 64.7 Å². The van der Waals surface area contributed by atoms with Crippen molar-refractivity contribution >= 4 is 41.8 Å². The first-order chi connectivity index (χ1) is 46.5. The first kappa shape index (κ1) is 112. The molecule has 628 valence electrons. The SMILES string of the molecule is C.C.C.C.CCC(C)(C)C(=O)O.CCC(C)(C)C(=O)OC(C)(C)C1CCC(C)CC1.CCC(C)(C)C(=O)OC(C)C(F)(F)F.CCC(C)(C)C(=O)OC1C(=O)OC2CCCC21.CCC(C)(C)C(=O)Oc1cc(C)cc(C(F)(F)F)c1.CCC(C)C(=O)OC(C)C(F)(F)F.CCC(C)c1ccc(C(C)(C)C)cc1. The first-order valence-corrected chi connectivity index (χ1v) is 36.5. The van der Waals surface area contributed by atoms with E-state index in [2.05, 4.69) is 89.1 Å². The van der Waals surface area contributed by atoms with Crippen molar-refractivity contribution in [3.63, 3.8) is 0 Å². The maximum absolute atomic E-state index is 12.6. The van der Waals surface area contributed by atoms with Crippen molar-refractivity contribution < 1.29 is 107 Å². The summed E-state index contributed by atoms with van der Waals surface area (Å²) >= 11 is 0. The third-order valence-electron chi connectivity index (χ3n) is 20.3. The summed E-state index contributed by atoms with van der Waals surface area (Å²) in [5.41, 5.74) is -0.600. The molecule has 2 aromatic rings. The lowest BCUT2D eigenvalue weighted by Crippen LogP contribution is -2.42. The van der Waals surface area contributed by atoms with Crippen molar-refractivity contribution in [2.24, 2.45) is 50.7 Å². The highest BCUT2D eigenvalue weighted by atomic mass is 19.4. The molecule has 0 aromatic heterocycles. The highest BCUT2D eigenvalue weighted by molar-refractivity contribution is 5.84. The Morgan fingerprint density at radius 3 is 1.33 bits per heavy atom. The van der Waals surface area contributed by atoms with E-state index in [1.54, 1.807) is 55.4 Å². The fraction of sp³-hybridized carbons (Fsp3) is 0.774. The summed E-state index contributed by atoms with van der Waals surface area (Å²) in [6, 6.07) is 12.4. The number of carbonyl (C=O) groups excluding carboxylic acids is 6. The van der Waals surface area contributed by atoms with E-state index in [4.69, 9.17) is 24.1 Å². The Bertz CT molecular complexity index is 2930. The number of rotatable bonds is 20. The summed E-state index contributed by atoms with van der Waals surface area (Å²) in [5.74, 6) is -2.01. The van der Waals surface area contributed by atoms with Crippen LogP contribution < -0.4 is 4.74 Å². The van der Waals surface area contributed by atoms with E-state index in [0.717, 1.165) is 57.6 Å². The van der Waals surface area contributed by atoms with Gasteiger partial charge in [-0.05, 0) is 239 Å². The molecule has 107 heavy (non-hydrogen) atoms. The van der Waals surface area contributed by atoms with Crippen LogP contribution in [0.4, 0.5) is 39.5 Å². The second-order valence-electron chi connectivity index (χ2n) is 32.5. The Labute approximate surface area is 640 Å². The number of carbonyl (C=O) groups is 7. The molecule has 1 N–H and O–H groups in total. The van der Waals surface area contributed by atoms with E-state index in [-0.39, 0.29) is 81.8 Å². The van der Waals surface area contributed by atoms with E-state index in [9.17, 15) is 73.1 Å². The third-order valence-corrected chi connectivity index (χ3v) is 20.3. The summed E-state index contributed by atoms with van der Waals surface area (Å²) in [4.78, 5) is 80.0. The topological polar surface area (TPSA) is 195 Å². The number of fused-ring (bicyclic) bond motifs is 1. The second-order valence-corrected chi connectivity index (χ2v) is 32.5. The molecule has 5 rings (SSSR count). The lowest BCUT2D eigenvalue weighted by Gasteiger charge is -2.39. The fourth-order valence-corrected chi connectivity index (χ4v) is 9.07. The molecule has 7 atom stereocenters. The molecule has 2 aromatic carbocycles. The molecule has 0 spiro atoms. The average molecular weight is 1550 g/mol. The van der Waals surface area contributed by atoms with Crippen LogP contribution in [0.5, 0.6) is 5.75 Å². The van der Waals surface area contributed by atoms with Gasteiger partial charge in [0.2, 0.25) is 6.10 Å². The lowest BCUT2D eigenvalue weighted by molar-refractivity contribution is -0.221. The van der Waals surface area contributed by atoms with E-state index >= 15 is 0 Å². The largest absolute Gasteiger partial charge is 0.481 e. The van der Waals surface area contributed by atoms with Gasteiger partial charge in [0.05, 0.1) is 38.6 Å². The minimum atomic E-state index is -4.49. The van der Waals surface area contributed by atoms with Crippen LogP contribution in [0.25, 0.3) is 0 Å². The van der Waals surface area contributed by atoms with Crippen molar-refractivity contribution in [1.82, 2.24) is 0 Å². The molecule has 7 unspecified atom stereocenters. The van der Waals surface area contributed by atoms with Crippen molar-refractivity contribution in [2.45, 2.75) is 373 Å².